The van der Waals surface area contributed by atoms with Crippen LogP contribution in [-0.2, 0) is 19.1 Å². The monoisotopic (exact) mass is 562 g/mol. The highest BCUT2D eigenvalue weighted by atomic mass is 35.5. The highest BCUT2D eigenvalue weighted by molar-refractivity contribution is 6.35. The van der Waals surface area contributed by atoms with E-state index in [1.54, 1.807) is 23.1 Å². The van der Waals surface area contributed by atoms with Gasteiger partial charge in [-0.2, -0.15) is 0 Å². The summed E-state index contributed by atoms with van der Waals surface area (Å²) in [6, 6.07) is 4.08. The summed E-state index contributed by atoms with van der Waals surface area (Å²) in [7, 11) is 0. The van der Waals surface area contributed by atoms with Crippen molar-refractivity contribution in [2.75, 3.05) is 31.5 Å². The van der Waals surface area contributed by atoms with Crippen LogP contribution >= 0.6 is 23.2 Å². The van der Waals surface area contributed by atoms with Crippen LogP contribution in [-0.4, -0.2) is 77.5 Å². The van der Waals surface area contributed by atoms with Gasteiger partial charge in [0.25, 0.3) is 0 Å². The number of hydrogen-bond acceptors (Lipinski definition) is 5. The zero-order chi connectivity index (χ0) is 27.0. The first-order chi connectivity index (χ1) is 18.3. The molecule has 38 heavy (non-hydrogen) atoms. The third-order valence-corrected chi connectivity index (χ3v) is 8.99. The third-order valence-electron chi connectivity index (χ3n) is 8.56. The second-order valence-corrected chi connectivity index (χ2v) is 11.6. The average molecular weight is 564 g/mol. The average Bonchev–Trinajstić information content (AvgIpc) is 3.52. The van der Waals surface area contributed by atoms with Gasteiger partial charge >= 0.3 is 0 Å². The molecule has 3 amide bonds. The van der Waals surface area contributed by atoms with Gasteiger partial charge in [0.1, 0.15) is 11.6 Å². The number of ether oxygens (including phenoxy) is 1. The Bertz CT molecular complexity index is 1100. The van der Waals surface area contributed by atoms with Gasteiger partial charge in [-0.05, 0) is 44.1 Å². The van der Waals surface area contributed by atoms with Crippen LogP contribution in [0.1, 0.15) is 46.0 Å². The van der Waals surface area contributed by atoms with E-state index in [1.807, 2.05) is 12.2 Å². The molecule has 8 nitrogen and oxygen atoms in total. The van der Waals surface area contributed by atoms with E-state index in [4.69, 9.17) is 27.9 Å². The van der Waals surface area contributed by atoms with Gasteiger partial charge in [-0.25, -0.2) is 0 Å². The molecule has 1 aliphatic carbocycles. The minimum absolute atomic E-state index is 0.0979. The van der Waals surface area contributed by atoms with Gasteiger partial charge in [-0.15, -0.1) is 0 Å². The zero-order valence-corrected chi connectivity index (χ0v) is 23.4. The molecule has 1 aromatic carbocycles. The van der Waals surface area contributed by atoms with Crippen molar-refractivity contribution in [1.29, 1.82) is 0 Å². The largest absolute Gasteiger partial charge is 0.359 e. The Morgan fingerprint density at radius 2 is 1.76 bits per heavy atom. The van der Waals surface area contributed by atoms with Gasteiger partial charge in [-0.3, -0.25) is 14.4 Å². The molecule has 0 radical (unpaired) electrons. The smallest absolute Gasteiger partial charge is 0.246 e. The lowest BCUT2D eigenvalue weighted by molar-refractivity contribution is -0.141. The van der Waals surface area contributed by atoms with E-state index >= 15 is 0 Å². The van der Waals surface area contributed by atoms with Crippen molar-refractivity contribution in [2.45, 2.75) is 69.7 Å². The molecule has 5 atom stereocenters. The molecule has 5 rings (SSSR count). The Kier molecular flexibility index (Phi) is 8.06. The van der Waals surface area contributed by atoms with Crippen LogP contribution in [0.3, 0.4) is 0 Å². The van der Waals surface area contributed by atoms with Crippen molar-refractivity contribution in [3.63, 3.8) is 0 Å². The Balaban J connectivity index is 1.43. The summed E-state index contributed by atoms with van der Waals surface area (Å²) in [6.45, 7) is 6.87. The van der Waals surface area contributed by atoms with Crippen molar-refractivity contribution >= 4 is 46.6 Å². The van der Waals surface area contributed by atoms with Crippen LogP contribution < -0.4 is 10.6 Å². The minimum atomic E-state index is -1.17. The van der Waals surface area contributed by atoms with E-state index < -0.39 is 29.6 Å². The molecule has 1 spiro atoms. The normalized spacial score (nSPS) is 30.2. The van der Waals surface area contributed by atoms with Crippen molar-refractivity contribution in [2.24, 2.45) is 11.8 Å². The number of carbonyl (C=O) groups excluding carboxylic acids is 3. The van der Waals surface area contributed by atoms with Crippen molar-refractivity contribution in [1.82, 2.24) is 15.1 Å². The SMILES string of the molecule is CCN(CC)CCN1C(=O)[C@@H]2[C@H](C(=O)Nc3cc(Cl)cc(Cl)c3)[C@@H]3C=C[C@@]2(O3)[C@@H]1C(=O)NC1CCCCC1. The number of fused-ring (bicyclic) bond motifs is 1. The van der Waals surface area contributed by atoms with Gasteiger partial charge in [0, 0.05) is 34.9 Å². The summed E-state index contributed by atoms with van der Waals surface area (Å²) < 4.78 is 6.42. The second-order valence-electron chi connectivity index (χ2n) is 10.8. The molecular weight excluding hydrogens is 527 g/mol. The maximum Gasteiger partial charge on any atom is 0.246 e. The van der Waals surface area contributed by atoms with E-state index in [0.29, 0.717) is 28.8 Å². The summed E-state index contributed by atoms with van der Waals surface area (Å²) in [4.78, 5) is 45.3. The first-order valence-electron chi connectivity index (χ1n) is 13.7. The molecule has 1 saturated carbocycles. The molecule has 0 unspecified atom stereocenters. The van der Waals surface area contributed by atoms with E-state index in [1.165, 1.54) is 6.42 Å². The summed E-state index contributed by atoms with van der Waals surface area (Å²) in [5, 5.41) is 6.89. The van der Waals surface area contributed by atoms with Gasteiger partial charge in [0.05, 0.1) is 17.9 Å². The molecule has 1 aromatic rings. The zero-order valence-electron chi connectivity index (χ0n) is 21.9. The van der Waals surface area contributed by atoms with Crippen molar-refractivity contribution in [3.05, 3.63) is 40.4 Å². The lowest BCUT2D eigenvalue weighted by atomic mass is 9.74. The summed E-state index contributed by atoms with van der Waals surface area (Å²) in [6.07, 6.45) is 8.32. The maximum atomic E-state index is 14.0. The molecule has 0 aromatic heterocycles. The molecule has 2 N–H and O–H groups in total. The van der Waals surface area contributed by atoms with Gasteiger partial charge < -0.3 is 25.2 Å². The first-order valence-corrected chi connectivity index (χ1v) is 14.5. The Morgan fingerprint density at radius 1 is 1.08 bits per heavy atom. The van der Waals surface area contributed by atoms with Gasteiger partial charge in [-0.1, -0.05) is 68.5 Å². The minimum Gasteiger partial charge on any atom is -0.359 e. The molecule has 10 heteroatoms. The van der Waals surface area contributed by atoms with E-state index in [2.05, 4.69) is 29.4 Å². The first kappa shape index (κ1) is 27.4. The number of carbonyl (C=O) groups is 3. The van der Waals surface area contributed by atoms with Gasteiger partial charge in [0.15, 0.2) is 0 Å². The number of benzene rings is 1. The predicted molar refractivity (Wildman–Crippen MR) is 147 cm³/mol. The van der Waals surface area contributed by atoms with E-state index in [-0.39, 0.29) is 23.8 Å². The maximum absolute atomic E-state index is 14.0. The molecule has 3 aliphatic heterocycles. The van der Waals surface area contributed by atoms with Crippen LogP contribution in [0, 0.1) is 11.8 Å². The molecule has 3 heterocycles. The quantitative estimate of drug-likeness (QED) is 0.446. The molecule has 2 saturated heterocycles. The highest BCUT2D eigenvalue weighted by Crippen LogP contribution is 2.55. The van der Waals surface area contributed by atoms with Crippen LogP contribution in [0.4, 0.5) is 5.69 Å². The molecule has 4 aliphatic rings. The van der Waals surface area contributed by atoms with Crippen LogP contribution in [0.15, 0.2) is 30.4 Å². The third kappa shape index (κ3) is 4.96. The number of hydrogen-bond donors (Lipinski definition) is 2. The number of likely N-dealkylation sites (N-methyl/N-ethyl adjacent to an activating group) is 1. The van der Waals surface area contributed by atoms with Gasteiger partial charge in [0.2, 0.25) is 17.7 Å². The number of anilines is 1. The highest BCUT2D eigenvalue weighted by Gasteiger charge is 2.72. The number of rotatable bonds is 9. The fraction of sp³-hybridized carbons (Fsp3) is 0.607. The Hall–Kier alpha value is -2.13. The predicted octanol–water partition coefficient (Wildman–Crippen LogP) is 3.87. The summed E-state index contributed by atoms with van der Waals surface area (Å²) in [5.74, 6) is -2.31. The number of nitrogens with zero attached hydrogens (tertiary/aromatic N) is 2. The lowest BCUT2D eigenvalue weighted by Crippen LogP contribution is -2.57. The lowest BCUT2D eigenvalue weighted by Gasteiger charge is -2.34. The van der Waals surface area contributed by atoms with Crippen LogP contribution in [0.5, 0.6) is 0 Å². The topological polar surface area (TPSA) is 91.0 Å². The number of amides is 3. The standard InChI is InChI=1S/C28H36Cl2N4O4/c1-3-33(4-2)12-13-34-24(26(36)31-19-8-6-5-7-9-19)28-11-10-21(38-28)22(23(28)27(34)37)25(35)32-20-15-17(29)14-18(30)16-20/h10-11,14-16,19,21-24H,3-9,12-13H2,1-2H3,(H,31,36)(H,32,35)/t21-,22+,23-,24-,28-/m0/s1. The summed E-state index contributed by atoms with van der Waals surface area (Å²) >= 11 is 12.2. The second kappa shape index (κ2) is 11.2. The fourth-order valence-electron chi connectivity index (χ4n) is 6.68. The molecule has 206 valence electrons. The number of likely N-dealkylation sites (tertiary alicyclic amines) is 1. The van der Waals surface area contributed by atoms with E-state index in [9.17, 15) is 14.4 Å². The number of halogens is 2. The molecule has 2 bridgehead atoms. The Morgan fingerprint density at radius 3 is 2.42 bits per heavy atom. The van der Waals surface area contributed by atoms with Crippen LogP contribution in [0.2, 0.25) is 10.0 Å². The van der Waals surface area contributed by atoms with Crippen molar-refractivity contribution in [3.8, 4) is 0 Å². The fourth-order valence-corrected chi connectivity index (χ4v) is 7.20. The summed E-state index contributed by atoms with van der Waals surface area (Å²) in [5.41, 5.74) is -0.721. The molecular formula is C28H36Cl2N4O4. The van der Waals surface area contributed by atoms with Crippen LogP contribution in [0.25, 0.3) is 0 Å². The Labute approximate surface area is 234 Å². The molecule has 3 fully saturated rings. The number of nitrogens with one attached hydrogen (secondary N) is 2. The van der Waals surface area contributed by atoms with E-state index in [0.717, 1.165) is 38.8 Å². The van der Waals surface area contributed by atoms with Crippen molar-refractivity contribution < 1.29 is 19.1 Å².